The van der Waals surface area contributed by atoms with Crippen molar-refractivity contribution < 1.29 is 27.1 Å². The zero-order valence-corrected chi connectivity index (χ0v) is 11.0. The van der Waals surface area contributed by atoms with Gasteiger partial charge in [0, 0.05) is 0 Å². The van der Waals surface area contributed by atoms with E-state index < -0.39 is 6.36 Å². The van der Waals surface area contributed by atoms with Crippen LogP contribution in [-0.2, 0) is 0 Å². The Hall–Kier alpha value is -2.44. The molecule has 1 unspecified atom stereocenters. The molecule has 0 saturated carbocycles. The van der Waals surface area contributed by atoms with Crippen molar-refractivity contribution >= 4 is 5.91 Å². The second-order valence-corrected chi connectivity index (χ2v) is 4.32. The second kappa shape index (κ2) is 5.90. The average Bonchev–Trinajstić information content (AvgIpc) is 2.91. The van der Waals surface area contributed by atoms with E-state index in [0.29, 0.717) is 11.1 Å². The van der Waals surface area contributed by atoms with E-state index in [2.05, 4.69) is 10.1 Å². The predicted molar refractivity (Wildman–Crippen MR) is 67.7 cm³/mol. The third-order valence-corrected chi connectivity index (χ3v) is 2.74. The first kappa shape index (κ1) is 15.0. The standard InChI is InChI=1S/C14H12F3NO3/c1-9(18-13(19)11-6-7-20-8-11)10-2-4-12(5-3-10)21-14(15,16)17/h2-9H,1H3,(H,18,19). The second-order valence-electron chi connectivity index (χ2n) is 4.32. The van der Waals surface area contributed by atoms with E-state index in [1.165, 1.54) is 42.9 Å². The summed E-state index contributed by atoms with van der Waals surface area (Å²) in [5.41, 5.74) is 1.03. The van der Waals surface area contributed by atoms with Crippen LogP contribution in [0.1, 0.15) is 28.9 Å². The smallest absolute Gasteiger partial charge is 0.472 e. The van der Waals surface area contributed by atoms with Gasteiger partial charge in [-0.2, -0.15) is 0 Å². The van der Waals surface area contributed by atoms with Gasteiger partial charge in [-0.3, -0.25) is 4.79 Å². The van der Waals surface area contributed by atoms with Crippen molar-refractivity contribution in [2.45, 2.75) is 19.3 Å². The summed E-state index contributed by atoms with van der Waals surface area (Å²) in [5, 5.41) is 2.70. The van der Waals surface area contributed by atoms with E-state index in [1.54, 1.807) is 6.92 Å². The molecule has 0 spiro atoms. The van der Waals surface area contributed by atoms with Crippen molar-refractivity contribution in [3.63, 3.8) is 0 Å². The molecule has 0 aliphatic heterocycles. The van der Waals surface area contributed by atoms with Crippen LogP contribution in [0.3, 0.4) is 0 Å². The summed E-state index contributed by atoms with van der Waals surface area (Å²) in [6.07, 6.45) is -2.03. The molecule has 1 amide bonds. The molecule has 4 nitrogen and oxygen atoms in total. The molecular formula is C14H12F3NO3. The Morgan fingerprint density at radius 1 is 1.24 bits per heavy atom. The highest BCUT2D eigenvalue weighted by Crippen LogP contribution is 2.24. The zero-order valence-electron chi connectivity index (χ0n) is 11.0. The van der Waals surface area contributed by atoms with Crippen LogP contribution in [0.5, 0.6) is 5.75 Å². The molecular weight excluding hydrogens is 287 g/mol. The maximum absolute atomic E-state index is 12.0. The Morgan fingerprint density at radius 2 is 1.90 bits per heavy atom. The molecule has 0 aliphatic carbocycles. The molecule has 1 heterocycles. The van der Waals surface area contributed by atoms with Crippen LogP contribution in [0, 0.1) is 0 Å². The molecule has 1 aromatic heterocycles. The summed E-state index contributed by atoms with van der Waals surface area (Å²) in [4.78, 5) is 11.8. The number of benzene rings is 1. The number of hydrogen-bond acceptors (Lipinski definition) is 3. The Kier molecular flexibility index (Phi) is 4.21. The lowest BCUT2D eigenvalue weighted by molar-refractivity contribution is -0.274. The minimum Gasteiger partial charge on any atom is -0.472 e. The molecule has 0 bridgehead atoms. The monoisotopic (exact) mass is 299 g/mol. The van der Waals surface area contributed by atoms with E-state index >= 15 is 0 Å². The van der Waals surface area contributed by atoms with Crippen LogP contribution in [0.2, 0.25) is 0 Å². The molecule has 0 saturated heterocycles. The predicted octanol–water partition coefficient (Wildman–Crippen LogP) is 3.67. The number of furan rings is 1. The SMILES string of the molecule is CC(NC(=O)c1ccoc1)c1ccc(OC(F)(F)F)cc1. The van der Waals surface area contributed by atoms with Gasteiger partial charge in [-0.05, 0) is 30.7 Å². The van der Waals surface area contributed by atoms with Gasteiger partial charge in [0.05, 0.1) is 17.9 Å². The highest BCUT2D eigenvalue weighted by molar-refractivity contribution is 5.94. The number of nitrogens with one attached hydrogen (secondary N) is 1. The van der Waals surface area contributed by atoms with Gasteiger partial charge in [0.1, 0.15) is 12.0 Å². The summed E-state index contributed by atoms with van der Waals surface area (Å²) >= 11 is 0. The normalized spacial score (nSPS) is 12.8. The summed E-state index contributed by atoms with van der Waals surface area (Å²) in [6.45, 7) is 1.72. The quantitative estimate of drug-likeness (QED) is 0.937. The van der Waals surface area contributed by atoms with Crippen molar-refractivity contribution in [3.05, 3.63) is 54.0 Å². The number of carbonyl (C=O) groups is 1. The first-order valence-electron chi connectivity index (χ1n) is 6.04. The summed E-state index contributed by atoms with van der Waals surface area (Å²) < 4.78 is 44.7. The summed E-state index contributed by atoms with van der Waals surface area (Å²) in [7, 11) is 0. The lowest BCUT2D eigenvalue weighted by Gasteiger charge is -2.15. The molecule has 0 radical (unpaired) electrons. The number of ether oxygens (including phenoxy) is 1. The molecule has 0 aliphatic rings. The maximum Gasteiger partial charge on any atom is 0.573 e. The molecule has 1 N–H and O–H groups in total. The fraction of sp³-hybridized carbons (Fsp3) is 0.214. The van der Waals surface area contributed by atoms with Crippen molar-refractivity contribution in [3.8, 4) is 5.75 Å². The minimum atomic E-state index is -4.72. The van der Waals surface area contributed by atoms with Crippen LogP contribution >= 0.6 is 0 Å². The van der Waals surface area contributed by atoms with E-state index in [1.807, 2.05) is 0 Å². The van der Waals surface area contributed by atoms with Gasteiger partial charge in [0.15, 0.2) is 0 Å². The molecule has 2 aromatic rings. The highest BCUT2D eigenvalue weighted by atomic mass is 19.4. The third kappa shape index (κ3) is 4.27. The molecule has 1 atom stereocenters. The first-order chi connectivity index (χ1) is 9.85. The largest absolute Gasteiger partial charge is 0.573 e. The van der Waals surface area contributed by atoms with Gasteiger partial charge in [0.25, 0.3) is 5.91 Å². The van der Waals surface area contributed by atoms with Crippen molar-refractivity contribution in [2.24, 2.45) is 0 Å². The first-order valence-corrected chi connectivity index (χ1v) is 6.04. The molecule has 2 rings (SSSR count). The minimum absolute atomic E-state index is 0.306. The van der Waals surface area contributed by atoms with Crippen molar-refractivity contribution in [2.75, 3.05) is 0 Å². The van der Waals surface area contributed by atoms with Gasteiger partial charge in [0.2, 0.25) is 0 Å². The van der Waals surface area contributed by atoms with Gasteiger partial charge in [-0.15, -0.1) is 13.2 Å². The Bertz CT molecular complexity index is 591. The van der Waals surface area contributed by atoms with Crippen LogP contribution in [0.25, 0.3) is 0 Å². The number of carbonyl (C=O) groups excluding carboxylic acids is 1. The zero-order chi connectivity index (χ0) is 15.5. The number of alkyl halides is 3. The number of halogens is 3. The highest BCUT2D eigenvalue weighted by Gasteiger charge is 2.31. The fourth-order valence-electron chi connectivity index (χ4n) is 1.72. The number of amides is 1. The van der Waals surface area contributed by atoms with Crippen molar-refractivity contribution in [1.29, 1.82) is 0 Å². The van der Waals surface area contributed by atoms with E-state index in [-0.39, 0.29) is 17.7 Å². The third-order valence-electron chi connectivity index (χ3n) is 2.74. The summed E-state index contributed by atoms with van der Waals surface area (Å²) in [5.74, 6) is -0.633. The Balaban J connectivity index is 2.00. The van der Waals surface area contributed by atoms with E-state index in [4.69, 9.17) is 4.42 Å². The molecule has 21 heavy (non-hydrogen) atoms. The topological polar surface area (TPSA) is 51.5 Å². The Morgan fingerprint density at radius 3 is 2.43 bits per heavy atom. The van der Waals surface area contributed by atoms with Crippen LogP contribution in [0.4, 0.5) is 13.2 Å². The van der Waals surface area contributed by atoms with E-state index in [9.17, 15) is 18.0 Å². The number of rotatable bonds is 4. The van der Waals surface area contributed by atoms with Gasteiger partial charge < -0.3 is 14.5 Å². The van der Waals surface area contributed by atoms with Crippen LogP contribution in [-0.4, -0.2) is 12.3 Å². The van der Waals surface area contributed by atoms with E-state index in [0.717, 1.165) is 0 Å². The molecule has 1 aromatic carbocycles. The molecule has 112 valence electrons. The van der Waals surface area contributed by atoms with Gasteiger partial charge >= 0.3 is 6.36 Å². The van der Waals surface area contributed by atoms with Crippen molar-refractivity contribution in [1.82, 2.24) is 5.32 Å². The van der Waals surface area contributed by atoms with Crippen LogP contribution < -0.4 is 10.1 Å². The maximum atomic E-state index is 12.0. The van der Waals surface area contributed by atoms with Gasteiger partial charge in [-0.1, -0.05) is 12.1 Å². The lowest BCUT2D eigenvalue weighted by atomic mass is 10.1. The Labute approximate surface area is 118 Å². The van der Waals surface area contributed by atoms with Gasteiger partial charge in [-0.25, -0.2) is 0 Å². The molecule has 7 heteroatoms. The number of hydrogen-bond donors (Lipinski definition) is 1. The molecule has 0 fully saturated rings. The summed E-state index contributed by atoms with van der Waals surface area (Å²) in [6, 6.07) is 6.46. The lowest BCUT2D eigenvalue weighted by Crippen LogP contribution is -2.26. The fourth-order valence-corrected chi connectivity index (χ4v) is 1.72. The average molecular weight is 299 g/mol. The van der Waals surface area contributed by atoms with Crippen LogP contribution in [0.15, 0.2) is 47.3 Å².